The Morgan fingerprint density at radius 3 is 2.61 bits per heavy atom. The van der Waals surface area contributed by atoms with Gasteiger partial charge in [0.2, 0.25) is 0 Å². The number of hydrogen-bond donors (Lipinski definition) is 1. The zero-order valence-electron chi connectivity index (χ0n) is 15.2. The van der Waals surface area contributed by atoms with Gasteiger partial charge in [0.25, 0.3) is 5.91 Å². The molecule has 6 heteroatoms. The minimum Gasteiger partial charge on any atom is -0.457 e. The van der Waals surface area contributed by atoms with Crippen molar-refractivity contribution in [2.75, 3.05) is 0 Å². The van der Waals surface area contributed by atoms with Crippen LogP contribution in [-0.4, -0.2) is 10.9 Å². The molecule has 0 saturated heterocycles. The molecule has 4 nitrogen and oxygen atoms in total. The van der Waals surface area contributed by atoms with Crippen molar-refractivity contribution in [2.24, 2.45) is 0 Å². The van der Waals surface area contributed by atoms with Gasteiger partial charge in [0.05, 0.1) is 22.7 Å². The number of benzene rings is 2. The second-order valence-electron chi connectivity index (χ2n) is 6.10. The van der Waals surface area contributed by atoms with Gasteiger partial charge in [0.15, 0.2) is 0 Å². The molecule has 0 spiro atoms. The van der Waals surface area contributed by atoms with Crippen molar-refractivity contribution >= 4 is 28.6 Å². The predicted molar refractivity (Wildman–Crippen MR) is 114 cm³/mol. The molecule has 2 heterocycles. The zero-order chi connectivity index (χ0) is 19.3. The molecule has 140 valence electrons. The molecule has 0 unspecified atom stereocenters. The standard InChI is InChI=1S/C22H18N2O2S2/c1-15-20(28-22(24-15)19-12-7-13-27-19)14-23-21(25)17-10-5-6-11-18(17)26-16-8-3-2-4-9-16/h2-13H,14H2,1H3,(H,23,25). The number of carbonyl (C=O) groups is 1. The van der Waals surface area contributed by atoms with Gasteiger partial charge < -0.3 is 10.1 Å². The van der Waals surface area contributed by atoms with Gasteiger partial charge in [0.1, 0.15) is 16.5 Å². The highest BCUT2D eigenvalue weighted by atomic mass is 32.1. The third-order valence-corrected chi connectivity index (χ3v) is 6.33. The van der Waals surface area contributed by atoms with Gasteiger partial charge in [-0.25, -0.2) is 4.98 Å². The van der Waals surface area contributed by atoms with Crippen LogP contribution in [0.4, 0.5) is 0 Å². The zero-order valence-corrected chi connectivity index (χ0v) is 16.8. The highest BCUT2D eigenvalue weighted by Crippen LogP contribution is 2.31. The fraction of sp³-hybridized carbons (Fsp3) is 0.0909. The summed E-state index contributed by atoms with van der Waals surface area (Å²) in [7, 11) is 0. The van der Waals surface area contributed by atoms with Crippen LogP contribution in [0.25, 0.3) is 9.88 Å². The van der Waals surface area contributed by atoms with Gasteiger partial charge in [-0.1, -0.05) is 36.4 Å². The van der Waals surface area contributed by atoms with Gasteiger partial charge in [-0.3, -0.25) is 4.79 Å². The van der Waals surface area contributed by atoms with Crippen LogP contribution in [0.2, 0.25) is 0 Å². The van der Waals surface area contributed by atoms with E-state index in [0.29, 0.717) is 23.6 Å². The number of thiazole rings is 1. The number of amides is 1. The molecule has 28 heavy (non-hydrogen) atoms. The minimum atomic E-state index is -0.169. The van der Waals surface area contributed by atoms with Crippen LogP contribution in [0.15, 0.2) is 72.1 Å². The van der Waals surface area contributed by atoms with Crippen molar-refractivity contribution in [1.29, 1.82) is 0 Å². The average Bonchev–Trinajstić information content (AvgIpc) is 3.37. The van der Waals surface area contributed by atoms with Gasteiger partial charge >= 0.3 is 0 Å². The molecule has 0 radical (unpaired) electrons. The maximum Gasteiger partial charge on any atom is 0.255 e. The number of thiophene rings is 1. The summed E-state index contributed by atoms with van der Waals surface area (Å²) in [5.41, 5.74) is 1.45. The molecule has 0 aliphatic rings. The maximum absolute atomic E-state index is 12.8. The number of nitrogens with zero attached hydrogens (tertiary/aromatic N) is 1. The fourth-order valence-electron chi connectivity index (χ4n) is 2.71. The molecule has 0 aliphatic heterocycles. The van der Waals surface area contributed by atoms with E-state index in [-0.39, 0.29) is 5.91 Å². The molecule has 0 atom stereocenters. The van der Waals surface area contributed by atoms with Crippen LogP contribution in [0.1, 0.15) is 20.9 Å². The molecule has 4 aromatic rings. The van der Waals surface area contributed by atoms with E-state index in [0.717, 1.165) is 20.5 Å². The van der Waals surface area contributed by atoms with E-state index in [4.69, 9.17) is 4.74 Å². The van der Waals surface area contributed by atoms with Crippen molar-refractivity contribution in [3.8, 4) is 21.4 Å². The Bertz CT molecular complexity index is 1070. The highest BCUT2D eigenvalue weighted by molar-refractivity contribution is 7.21. The SMILES string of the molecule is Cc1nc(-c2cccs2)sc1CNC(=O)c1ccccc1Oc1ccccc1. The first-order valence-electron chi connectivity index (χ1n) is 8.81. The lowest BCUT2D eigenvalue weighted by molar-refractivity contribution is 0.0949. The van der Waals surface area contributed by atoms with E-state index in [2.05, 4.69) is 16.4 Å². The number of carbonyl (C=O) groups excluding carboxylic acids is 1. The Morgan fingerprint density at radius 1 is 1.04 bits per heavy atom. The van der Waals surface area contributed by atoms with Gasteiger partial charge in [-0.15, -0.1) is 22.7 Å². The molecule has 2 aromatic heterocycles. The number of aromatic nitrogens is 1. The normalized spacial score (nSPS) is 10.6. The quantitative estimate of drug-likeness (QED) is 0.433. The molecule has 4 rings (SSSR count). The number of ether oxygens (including phenoxy) is 1. The van der Waals surface area contributed by atoms with Crippen LogP contribution in [0, 0.1) is 6.92 Å². The molecule has 0 saturated carbocycles. The first kappa shape index (κ1) is 18.4. The van der Waals surface area contributed by atoms with E-state index >= 15 is 0 Å². The summed E-state index contributed by atoms with van der Waals surface area (Å²) in [4.78, 5) is 19.6. The van der Waals surface area contributed by atoms with E-state index in [1.807, 2.05) is 60.8 Å². The Kier molecular flexibility index (Phi) is 5.50. The van der Waals surface area contributed by atoms with Crippen LogP contribution >= 0.6 is 22.7 Å². The summed E-state index contributed by atoms with van der Waals surface area (Å²) in [6, 6.07) is 20.8. The topological polar surface area (TPSA) is 51.2 Å². The summed E-state index contributed by atoms with van der Waals surface area (Å²) in [6.45, 7) is 2.41. The summed E-state index contributed by atoms with van der Waals surface area (Å²) in [5.74, 6) is 1.06. The van der Waals surface area contributed by atoms with Gasteiger partial charge in [-0.2, -0.15) is 0 Å². The van der Waals surface area contributed by atoms with Crippen LogP contribution in [-0.2, 0) is 6.54 Å². The lowest BCUT2D eigenvalue weighted by atomic mass is 10.2. The lowest BCUT2D eigenvalue weighted by Gasteiger charge is -2.11. The van der Waals surface area contributed by atoms with Crippen molar-refractivity contribution < 1.29 is 9.53 Å². The summed E-state index contributed by atoms with van der Waals surface area (Å²) < 4.78 is 5.89. The monoisotopic (exact) mass is 406 g/mol. The number of nitrogens with one attached hydrogen (secondary N) is 1. The molecular formula is C22H18N2O2S2. The van der Waals surface area contributed by atoms with Crippen molar-refractivity contribution in [3.63, 3.8) is 0 Å². The van der Waals surface area contributed by atoms with E-state index in [9.17, 15) is 4.79 Å². The molecule has 1 amide bonds. The maximum atomic E-state index is 12.8. The minimum absolute atomic E-state index is 0.169. The Hall–Kier alpha value is -2.96. The van der Waals surface area contributed by atoms with Gasteiger partial charge in [-0.05, 0) is 42.6 Å². The Balaban J connectivity index is 1.48. The molecule has 0 bridgehead atoms. The van der Waals surface area contributed by atoms with E-state index in [1.165, 1.54) is 0 Å². The molecule has 0 fully saturated rings. The van der Waals surface area contributed by atoms with E-state index < -0.39 is 0 Å². The number of aryl methyl sites for hydroxylation is 1. The predicted octanol–water partition coefficient (Wildman–Crippen LogP) is 5.90. The summed E-state index contributed by atoms with van der Waals surface area (Å²) >= 11 is 3.28. The average molecular weight is 407 g/mol. The third-order valence-electron chi connectivity index (χ3n) is 4.14. The largest absolute Gasteiger partial charge is 0.457 e. The smallest absolute Gasteiger partial charge is 0.255 e. The summed E-state index contributed by atoms with van der Waals surface area (Å²) in [5, 5.41) is 6.02. The second-order valence-corrected chi connectivity index (χ2v) is 8.13. The molecule has 2 aromatic carbocycles. The molecular weight excluding hydrogens is 388 g/mol. The number of para-hydroxylation sites is 2. The summed E-state index contributed by atoms with van der Waals surface area (Å²) in [6.07, 6.45) is 0. The Labute approximate surface area is 171 Å². The number of hydrogen-bond acceptors (Lipinski definition) is 5. The van der Waals surface area contributed by atoms with Crippen molar-refractivity contribution in [2.45, 2.75) is 13.5 Å². The van der Waals surface area contributed by atoms with Crippen LogP contribution in [0.3, 0.4) is 0 Å². The van der Waals surface area contributed by atoms with Crippen molar-refractivity contribution in [1.82, 2.24) is 10.3 Å². The highest BCUT2D eigenvalue weighted by Gasteiger charge is 2.15. The Morgan fingerprint density at radius 2 is 1.82 bits per heavy atom. The first-order chi connectivity index (χ1) is 13.7. The first-order valence-corrected chi connectivity index (χ1v) is 10.5. The lowest BCUT2D eigenvalue weighted by Crippen LogP contribution is -2.23. The molecule has 0 aliphatic carbocycles. The van der Waals surface area contributed by atoms with E-state index in [1.54, 1.807) is 34.8 Å². The van der Waals surface area contributed by atoms with Crippen molar-refractivity contribution in [3.05, 3.63) is 88.2 Å². The fourth-order valence-corrected chi connectivity index (χ4v) is 4.51. The van der Waals surface area contributed by atoms with Gasteiger partial charge in [0, 0.05) is 4.88 Å². The number of rotatable bonds is 6. The second kappa shape index (κ2) is 8.37. The van der Waals surface area contributed by atoms with Crippen LogP contribution < -0.4 is 10.1 Å². The van der Waals surface area contributed by atoms with Crippen LogP contribution in [0.5, 0.6) is 11.5 Å². The molecule has 1 N–H and O–H groups in total. The third kappa shape index (κ3) is 4.13.